The second-order valence-corrected chi connectivity index (χ2v) is 6.70. The van der Waals surface area contributed by atoms with Crippen molar-refractivity contribution >= 4 is 5.91 Å². The Morgan fingerprint density at radius 3 is 2.38 bits per heavy atom. The molecule has 3 nitrogen and oxygen atoms in total. The van der Waals surface area contributed by atoms with Crippen LogP contribution in [0, 0.1) is 11.3 Å². The van der Waals surface area contributed by atoms with Gasteiger partial charge in [0.1, 0.15) is 0 Å². The van der Waals surface area contributed by atoms with Gasteiger partial charge in [0.25, 0.3) is 0 Å². The minimum absolute atomic E-state index is 0.0620. The minimum atomic E-state index is -0.302. The number of amides is 1. The second kappa shape index (κ2) is 7.08. The molecule has 0 saturated heterocycles. The number of carbonyl (C=O) groups excluding carboxylic acids is 1. The van der Waals surface area contributed by atoms with E-state index in [-0.39, 0.29) is 24.0 Å². The Kier molecular flexibility index (Phi) is 5.40. The molecular weight excluding hydrogens is 262 g/mol. The Labute approximate surface area is 127 Å². The van der Waals surface area contributed by atoms with Crippen LogP contribution in [0.5, 0.6) is 0 Å². The normalized spacial score (nSPS) is 18.7. The quantitative estimate of drug-likeness (QED) is 0.843. The summed E-state index contributed by atoms with van der Waals surface area (Å²) in [5.74, 6) is 0.634. The van der Waals surface area contributed by atoms with E-state index in [1.165, 1.54) is 0 Å². The molecule has 2 N–H and O–H groups in total. The molecule has 0 aliphatic heterocycles. The molecule has 1 atom stereocenters. The van der Waals surface area contributed by atoms with Gasteiger partial charge in [-0.3, -0.25) is 4.79 Å². The molecule has 0 unspecified atom stereocenters. The lowest BCUT2D eigenvalue weighted by Crippen LogP contribution is -2.42. The minimum Gasteiger partial charge on any atom is -0.394 e. The lowest BCUT2D eigenvalue weighted by Gasteiger charge is -2.31. The summed E-state index contributed by atoms with van der Waals surface area (Å²) in [5.41, 5.74) is 0.738. The Morgan fingerprint density at radius 1 is 1.24 bits per heavy atom. The van der Waals surface area contributed by atoms with Crippen molar-refractivity contribution in [2.45, 2.75) is 52.0 Å². The maximum absolute atomic E-state index is 12.8. The standard InChI is InChI=1S/C18H27NO2/c1-14(2)12-18(10-6-7-11-18)17(21)19-16(13-20)15-8-4-3-5-9-15/h3-5,8-9,14,16,20H,6-7,10-13H2,1-2H3,(H,19,21)/t16-/m0/s1. The van der Waals surface area contributed by atoms with Crippen molar-refractivity contribution in [1.29, 1.82) is 0 Å². The van der Waals surface area contributed by atoms with Gasteiger partial charge in [-0.05, 0) is 30.7 Å². The molecule has 0 heterocycles. The molecule has 0 aromatic heterocycles. The first kappa shape index (κ1) is 16.0. The van der Waals surface area contributed by atoms with Crippen LogP contribution < -0.4 is 5.32 Å². The average Bonchev–Trinajstić information content (AvgIpc) is 2.94. The van der Waals surface area contributed by atoms with Gasteiger partial charge in [-0.15, -0.1) is 0 Å². The summed E-state index contributed by atoms with van der Waals surface area (Å²) >= 11 is 0. The Morgan fingerprint density at radius 2 is 1.86 bits per heavy atom. The first-order valence-corrected chi connectivity index (χ1v) is 8.04. The SMILES string of the molecule is CC(C)CC1(C(=O)N[C@@H](CO)c2ccccc2)CCCC1. The van der Waals surface area contributed by atoms with E-state index >= 15 is 0 Å². The van der Waals surface area contributed by atoms with E-state index in [1.807, 2.05) is 30.3 Å². The van der Waals surface area contributed by atoms with Crippen LogP contribution in [0.25, 0.3) is 0 Å². The van der Waals surface area contributed by atoms with Crippen molar-refractivity contribution < 1.29 is 9.90 Å². The highest BCUT2D eigenvalue weighted by atomic mass is 16.3. The van der Waals surface area contributed by atoms with E-state index in [1.54, 1.807) is 0 Å². The van der Waals surface area contributed by atoms with E-state index < -0.39 is 0 Å². The third kappa shape index (κ3) is 3.85. The first-order valence-electron chi connectivity index (χ1n) is 8.04. The second-order valence-electron chi connectivity index (χ2n) is 6.70. The highest BCUT2D eigenvalue weighted by Gasteiger charge is 2.41. The number of rotatable bonds is 6. The Bertz CT molecular complexity index is 450. The van der Waals surface area contributed by atoms with E-state index in [4.69, 9.17) is 0 Å². The van der Waals surface area contributed by atoms with Crippen LogP contribution in [0.2, 0.25) is 0 Å². The predicted octanol–water partition coefficient (Wildman–Crippen LogP) is 3.44. The summed E-state index contributed by atoms with van der Waals surface area (Å²) in [6.45, 7) is 4.29. The van der Waals surface area contributed by atoms with E-state index in [0.717, 1.165) is 37.7 Å². The predicted molar refractivity (Wildman–Crippen MR) is 84.8 cm³/mol. The molecule has 0 radical (unpaired) electrons. The smallest absolute Gasteiger partial charge is 0.226 e. The molecule has 1 aliphatic carbocycles. The third-order valence-electron chi connectivity index (χ3n) is 4.53. The Balaban J connectivity index is 2.10. The Hall–Kier alpha value is -1.35. The van der Waals surface area contributed by atoms with Crippen LogP contribution >= 0.6 is 0 Å². The van der Waals surface area contributed by atoms with E-state index in [2.05, 4.69) is 19.2 Å². The number of hydrogen-bond acceptors (Lipinski definition) is 2. The van der Waals surface area contributed by atoms with Gasteiger partial charge in [0.05, 0.1) is 12.6 Å². The molecule has 0 spiro atoms. The summed E-state index contributed by atoms with van der Waals surface area (Å²) in [6.07, 6.45) is 5.16. The van der Waals surface area contributed by atoms with Crippen molar-refractivity contribution in [3.63, 3.8) is 0 Å². The van der Waals surface area contributed by atoms with Crippen LogP contribution in [0.4, 0.5) is 0 Å². The lowest BCUT2D eigenvalue weighted by atomic mass is 9.77. The topological polar surface area (TPSA) is 49.3 Å². The molecule has 1 amide bonds. The number of hydrogen-bond donors (Lipinski definition) is 2. The lowest BCUT2D eigenvalue weighted by molar-refractivity contribution is -0.133. The first-order chi connectivity index (χ1) is 10.1. The molecule has 21 heavy (non-hydrogen) atoms. The number of aliphatic hydroxyl groups excluding tert-OH is 1. The van der Waals surface area contributed by atoms with E-state index in [9.17, 15) is 9.90 Å². The molecule has 0 bridgehead atoms. The van der Waals surface area contributed by atoms with Crippen molar-refractivity contribution in [3.8, 4) is 0 Å². The third-order valence-corrected chi connectivity index (χ3v) is 4.53. The van der Waals surface area contributed by atoms with Crippen LogP contribution in [-0.4, -0.2) is 17.6 Å². The van der Waals surface area contributed by atoms with Gasteiger partial charge < -0.3 is 10.4 Å². The maximum Gasteiger partial charge on any atom is 0.226 e. The van der Waals surface area contributed by atoms with Crippen molar-refractivity contribution in [3.05, 3.63) is 35.9 Å². The molecule has 2 rings (SSSR count). The number of carbonyl (C=O) groups is 1. The summed E-state index contributed by atoms with van der Waals surface area (Å²) in [7, 11) is 0. The van der Waals surface area contributed by atoms with Gasteiger partial charge in [0, 0.05) is 5.41 Å². The zero-order valence-electron chi connectivity index (χ0n) is 13.1. The highest BCUT2D eigenvalue weighted by Crippen LogP contribution is 2.43. The maximum atomic E-state index is 12.8. The monoisotopic (exact) mass is 289 g/mol. The van der Waals surface area contributed by atoms with Gasteiger partial charge in [-0.1, -0.05) is 57.0 Å². The number of nitrogens with one attached hydrogen (secondary N) is 1. The van der Waals surface area contributed by atoms with Crippen molar-refractivity contribution in [2.75, 3.05) is 6.61 Å². The van der Waals surface area contributed by atoms with Crippen LogP contribution in [0.15, 0.2) is 30.3 Å². The molecule has 1 fully saturated rings. The number of aliphatic hydroxyl groups is 1. The van der Waals surface area contributed by atoms with Crippen LogP contribution in [-0.2, 0) is 4.79 Å². The van der Waals surface area contributed by atoms with Crippen molar-refractivity contribution in [1.82, 2.24) is 5.32 Å². The highest BCUT2D eigenvalue weighted by molar-refractivity contribution is 5.83. The average molecular weight is 289 g/mol. The fraction of sp³-hybridized carbons (Fsp3) is 0.611. The summed E-state index contributed by atoms with van der Waals surface area (Å²) in [6, 6.07) is 9.41. The van der Waals surface area contributed by atoms with Crippen molar-refractivity contribution in [2.24, 2.45) is 11.3 Å². The molecule has 1 aromatic carbocycles. The van der Waals surface area contributed by atoms with Gasteiger partial charge in [0.15, 0.2) is 0 Å². The fourth-order valence-electron chi connectivity index (χ4n) is 3.59. The summed E-state index contributed by atoms with van der Waals surface area (Å²) < 4.78 is 0. The largest absolute Gasteiger partial charge is 0.394 e. The molecule has 3 heteroatoms. The van der Waals surface area contributed by atoms with E-state index in [0.29, 0.717) is 5.92 Å². The van der Waals surface area contributed by atoms with Gasteiger partial charge in [-0.2, -0.15) is 0 Å². The molecule has 116 valence electrons. The molecule has 1 saturated carbocycles. The van der Waals surface area contributed by atoms with Crippen LogP contribution in [0.3, 0.4) is 0 Å². The van der Waals surface area contributed by atoms with Crippen LogP contribution in [0.1, 0.15) is 57.6 Å². The fourth-order valence-corrected chi connectivity index (χ4v) is 3.59. The van der Waals surface area contributed by atoms with Gasteiger partial charge in [-0.25, -0.2) is 0 Å². The van der Waals surface area contributed by atoms with Gasteiger partial charge >= 0.3 is 0 Å². The number of benzene rings is 1. The summed E-state index contributed by atoms with van der Waals surface area (Å²) in [4.78, 5) is 12.8. The zero-order valence-corrected chi connectivity index (χ0v) is 13.1. The molecule has 1 aliphatic rings. The molecule has 1 aromatic rings. The summed E-state index contributed by atoms with van der Waals surface area (Å²) in [5, 5.41) is 12.7. The van der Waals surface area contributed by atoms with Gasteiger partial charge in [0.2, 0.25) is 5.91 Å². The zero-order chi connectivity index (χ0) is 15.3. The molecular formula is C18H27NO2.